The summed E-state index contributed by atoms with van der Waals surface area (Å²) in [7, 11) is 0. The minimum absolute atomic E-state index is 0.518. The summed E-state index contributed by atoms with van der Waals surface area (Å²) in [4.78, 5) is 0.985. The molecule has 0 saturated heterocycles. The van der Waals surface area contributed by atoms with Crippen molar-refractivity contribution in [1.29, 1.82) is 0 Å². The Morgan fingerprint density at radius 1 is 1.29 bits per heavy atom. The van der Waals surface area contributed by atoms with Crippen molar-refractivity contribution in [3.63, 3.8) is 0 Å². The third-order valence-electron chi connectivity index (χ3n) is 2.85. The first kappa shape index (κ1) is 12.8. The number of halogens is 1. The summed E-state index contributed by atoms with van der Waals surface area (Å²) in [5.74, 6) is 0. The monoisotopic (exact) mass is 310 g/mol. The van der Waals surface area contributed by atoms with Gasteiger partial charge in [-0.1, -0.05) is 31.2 Å². The number of benzene rings is 1. The maximum absolute atomic E-state index is 10.3. The average Bonchev–Trinajstić information content (AvgIpc) is 2.69. The minimum atomic E-state index is -0.518. The number of hydrogen-bond donors (Lipinski definition) is 1. The van der Waals surface area contributed by atoms with E-state index in [1.54, 1.807) is 11.3 Å². The lowest BCUT2D eigenvalue weighted by Gasteiger charge is -2.09. The highest BCUT2D eigenvalue weighted by Gasteiger charge is 2.14. The van der Waals surface area contributed by atoms with E-state index in [1.165, 1.54) is 11.1 Å². The van der Waals surface area contributed by atoms with E-state index in [-0.39, 0.29) is 0 Å². The molecule has 1 heterocycles. The van der Waals surface area contributed by atoms with Gasteiger partial charge in [-0.3, -0.25) is 0 Å². The quantitative estimate of drug-likeness (QED) is 0.887. The van der Waals surface area contributed by atoms with Crippen molar-refractivity contribution in [2.75, 3.05) is 0 Å². The van der Waals surface area contributed by atoms with Crippen LogP contribution in [0.1, 0.15) is 34.6 Å². The molecule has 1 N–H and O–H groups in total. The van der Waals surface area contributed by atoms with E-state index in [2.05, 4.69) is 35.0 Å². The fourth-order valence-corrected chi connectivity index (χ4v) is 3.30. The zero-order valence-electron chi connectivity index (χ0n) is 9.90. The molecule has 0 saturated carbocycles. The van der Waals surface area contributed by atoms with Crippen LogP contribution in [0.15, 0.2) is 34.1 Å². The van der Waals surface area contributed by atoms with Crippen LogP contribution in [0.25, 0.3) is 0 Å². The highest BCUT2D eigenvalue weighted by molar-refractivity contribution is 9.11. The van der Waals surface area contributed by atoms with E-state index in [0.717, 1.165) is 20.6 Å². The van der Waals surface area contributed by atoms with Crippen molar-refractivity contribution in [1.82, 2.24) is 0 Å². The van der Waals surface area contributed by atoms with E-state index >= 15 is 0 Å². The molecule has 1 atom stereocenters. The Morgan fingerprint density at radius 2 is 1.94 bits per heavy atom. The van der Waals surface area contributed by atoms with Crippen molar-refractivity contribution in [3.05, 3.63) is 55.7 Å². The molecule has 3 heteroatoms. The van der Waals surface area contributed by atoms with Crippen LogP contribution in [-0.2, 0) is 6.42 Å². The Bertz CT molecular complexity index is 482. The molecule has 0 aliphatic rings. The van der Waals surface area contributed by atoms with Gasteiger partial charge >= 0.3 is 0 Å². The van der Waals surface area contributed by atoms with Crippen molar-refractivity contribution < 1.29 is 5.11 Å². The zero-order valence-corrected chi connectivity index (χ0v) is 12.3. The fraction of sp³-hybridized carbons (Fsp3) is 0.286. The molecule has 2 aromatic rings. The Labute approximate surface area is 114 Å². The van der Waals surface area contributed by atoms with Crippen molar-refractivity contribution in [2.45, 2.75) is 26.4 Å². The number of aryl methyl sites for hydroxylation is 2. The molecule has 1 aromatic heterocycles. The zero-order chi connectivity index (χ0) is 12.4. The third-order valence-corrected chi connectivity index (χ3v) is 5.04. The summed E-state index contributed by atoms with van der Waals surface area (Å²) in [5.41, 5.74) is 3.43. The van der Waals surface area contributed by atoms with Gasteiger partial charge in [-0.25, -0.2) is 0 Å². The van der Waals surface area contributed by atoms with Gasteiger partial charge in [0.05, 0.1) is 3.79 Å². The molecule has 0 spiro atoms. The van der Waals surface area contributed by atoms with Crippen molar-refractivity contribution in [3.8, 4) is 0 Å². The SMILES string of the molecule is CCc1ccc(C(O)c2cc(C)c(Br)s2)cc1. The average molecular weight is 311 g/mol. The van der Waals surface area contributed by atoms with E-state index in [1.807, 2.05) is 25.1 Å². The van der Waals surface area contributed by atoms with E-state index in [4.69, 9.17) is 0 Å². The summed E-state index contributed by atoms with van der Waals surface area (Å²) in [5, 5.41) is 10.3. The second-order valence-corrected chi connectivity index (χ2v) is 6.50. The smallest absolute Gasteiger partial charge is 0.113 e. The standard InChI is InChI=1S/C14H15BrOS/c1-3-10-4-6-11(7-5-10)13(16)12-8-9(2)14(15)17-12/h4-8,13,16H,3H2,1-2H3. The van der Waals surface area contributed by atoms with Crippen LogP contribution in [0, 0.1) is 6.92 Å². The molecule has 90 valence electrons. The van der Waals surface area contributed by atoms with E-state index in [9.17, 15) is 5.11 Å². The number of hydrogen-bond acceptors (Lipinski definition) is 2. The van der Waals surface area contributed by atoms with Crippen molar-refractivity contribution >= 4 is 27.3 Å². The van der Waals surface area contributed by atoms with Crippen LogP contribution in [0.5, 0.6) is 0 Å². The number of aliphatic hydroxyl groups excluding tert-OH is 1. The molecular weight excluding hydrogens is 296 g/mol. The molecule has 0 aliphatic heterocycles. The normalized spacial score (nSPS) is 12.7. The van der Waals surface area contributed by atoms with Crippen LogP contribution >= 0.6 is 27.3 Å². The first-order valence-electron chi connectivity index (χ1n) is 5.64. The third kappa shape index (κ3) is 2.79. The summed E-state index contributed by atoms with van der Waals surface area (Å²) in [6.07, 6.45) is 0.510. The lowest BCUT2D eigenvalue weighted by Crippen LogP contribution is -1.97. The molecule has 1 nitrogen and oxygen atoms in total. The van der Waals surface area contributed by atoms with E-state index in [0.29, 0.717) is 0 Å². The molecule has 0 fully saturated rings. The molecule has 0 bridgehead atoms. The Morgan fingerprint density at radius 3 is 2.41 bits per heavy atom. The summed E-state index contributed by atoms with van der Waals surface area (Å²) in [6.45, 7) is 4.17. The number of aliphatic hydroxyl groups is 1. The molecule has 0 aliphatic carbocycles. The van der Waals surface area contributed by atoms with Crippen LogP contribution in [-0.4, -0.2) is 5.11 Å². The highest BCUT2D eigenvalue weighted by Crippen LogP contribution is 2.34. The van der Waals surface area contributed by atoms with Crippen LogP contribution in [0.2, 0.25) is 0 Å². The molecule has 1 unspecified atom stereocenters. The summed E-state index contributed by atoms with van der Waals surface area (Å²) < 4.78 is 1.09. The molecule has 17 heavy (non-hydrogen) atoms. The van der Waals surface area contributed by atoms with Gasteiger partial charge in [0.15, 0.2) is 0 Å². The highest BCUT2D eigenvalue weighted by atomic mass is 79.9. The topological polar surface area (TPSA) is 20.2 Å². The van der Waals surface area contributed by atoms with Gasteiger partial charge in [-0.15, -0.1) is 11.3 Å². The predicted octanol–water partition coefficient (Wildman–Crippen LogP) is 4.46. The predicted molar refractivity (Wildman–Crippen MR) is 76.6 cm³/mol. The maximum Gasteiger partial charge on any atom is 0.113 e. The Kier molecular flexibility index (Phi) is 4.02. The van der Waals surface area contributed by atoms with Gasteiger partial charge in [0.25, 0.3) is 0 Å². The molecule has 0 amide bonds. The summed E-state index contributed by atoms with van der Waals surface area (Å²) >= 11 is 5.08. The van der Waals surface area contributed by atoms with Gasteiger partial charge in [-0.05, 0) is 52.0 Å². The fourth-order valence-electron chi connectivity index (χ4n) is 1.72. The van der Waals surface area contributed by atoms with Crippen molar-refractivity contribution in [2.24, 2.45) is 0 Å². The Balaban J connectivity index is 2.26. The minimum Gasteiger partial charge on any atom is -0.383 e. The second-order valence-electron chi connectivity index (χ2n) is 4.10. The second kappa shape index (κ2) is 5.34. The molecule has 0 radical (unpaired) electrons. The number of thiophene rings is 1. The van der Waals surface area contributed by atoms with E-state index < -0.39 is 6.10 Å². The first-order chi connectivity index (χ1) is 8.11. The maximum atomic E-state index is 10.3. The molecular formula is C14H15BrOS. The van der Waals surface area contributed by atoms with Gasteiger partial charge in [0.1, 0.15) is 6.10 Å². The van der Waals surface area contributed by atoms with Crippen LogP contribution < -0.4 is 0 Å². The van der Waals surface area contributed by atoms with Gasteiger partial charge < -0.3 is 5.11 Å². The Hall–Kier alpha value is -0.640. The molecule has 2 rings (SSSR count). The first-order valence-corrected chi connectivity index (χ1v) is 7.25. The van der Waals surface area contributed by atoms with Gasteiger partial charge in [0.2, 0.25) is 0 Å². The lowest BCUT2D eigenvalue weighted by atomic mass is 10.0. The van der Waals surface area contributed by atoms with Crippen LogP contribution in [0.3, 0.4) is 0 Å². The largest absolute Gasteiger partial charge is 0.383 e. The van der Waals surface area contributed by atoms with Gasteiger partial charge in [-0.2, -0.15) is 0 Å². The lowest BCUT2D eigenvalue weighted by molar-refractivity contribution is 0.224. The molecule has 1 aromatic carbocycles. The van der Waals surface area contributed by atoms with Crippen LogP contribution in [0.4, 0.5) is 0 Å². The summed E-state index contributed by atoms with van der Waals surface area (Å²) in [6, 6.07) is 10.2. The number of rotatable bonds is 3. The van der Waals surface area contributed by atoms with Gasteiger partial charge in [0, 0.05) is 4.88 Å².